The number of aromatic nitrogens is 4. The Bertz CT molecular complexity index is 553. The maximum Gasteiger partial charge on any atom is 0.368 e. The third-order valence-corrected chi connectivity index (χ3v) is 2.53. The Hall–Kier alpha value is -1.91. The molecule has 2 rings (SSSR count). The van der Waals surface area contributed by atoms with Crippen LogP contribution in [-0.2, 0) is 7.05 Å². The number of rotatable bonds is 1. The van der Waals surface area contributed by atoms with Crippen molar-refractivity contribution in [3.05, 3.63) is 39.8 Å². The molecule has 5 heteroatoms. The van der Waals surface area contributed by atoms with Crippen LogP contribution in [0.25, 0.3) is 5.69 Å². The van der Waals surface area contributed by atoms with Gasteiger partial charge in [0.15, 0.2) is 0 Å². The normalized spacial score (nSPS) is 10.6. The Morgan fingerprint density at radius 1 is 1.20 bits per heavy atom. The highest BCUT2D eigenvalue weighted by Crippen LogP contribution is 2.14. The van der Waals surface area contributed by atoms with E-state index in [1.54, 1.807) is 7.05 Å². The first kappa shape index (κ1) is 9.64. The molecule has 0 aliphatic carbocycles. The Morgan fingerprint density at radius 2 is 1.93 bits per heavy atom. The molecule has 0 bridgehead atoms. The lowest BCUT2D eigenvalue weighted by Crippen LogP contribution is -2.22. The van der Waals surface area contributed by atoms with Gasteiger partial charge in [-0.1, -0.05) is 12.1 Å². The van der Waals surface area contributed by atoms with Gasteiger partial charge in [0.2, 0.25) is 0 Å². The largest absolute Gasteiger partial charge is 0.368 e. The second-order valence-corrected chi connectivity index (χ2v) is 3.52. The fourth-order valence-electron chi connectivity index (χ4n) is 1.43. The van der Waals surface area contributed by atoms with Crippen molar-refractivity contribution in [1.29, 1.82) is 0 Å². The minimum atomic E-state index is -0.233. The minimum Gasteiger partial charge on any atom is -0.244 e. The molecule has 2 aromatic rings. The van der Waals surface area contributed by atoms with Crippen molar-refractivity contribution in [3.8, 4) is 5.69 Å². The smallest absolute Gasteiger partial charge is 0.244 e. The van der Waals surface area contributed by atoms with Gasteiger partial charge >= 0.3 is 5.69 Å². The van der Waals surface area contributed by atoms with E-state index in [1.165, 1.54) is 9.36 Å². The molecule has 0 fully saturated rings. The standard InChI is InChI=1S/C10H12N4O/c1-7-5-4-6-9(8(7)2)14-10(15)13(3)11-12-14/h4-6H,1-3H3. The van der Waals surface area contributed by atoms with Gasteiger partial charge in [-0.15, -0.1) is 0 Å². The summed E-state index contributed by atoms with van der Waals surface area (Å²) in [5.74, 6) is 0. The summed E-state index contributed by atoms with van der Waals surface area (Å²) in [6.45, 7) is 3.96. The topological polar surface area (TPSA) is 52.7 Å². The van der Waals surface area contributed by atoms with E-state index in [4.69, 9.17) is 0 Å². The highest BCUT2D eigenvalue weighted by Gasteiger charge is 2.08. The van der Waals surface area contributed by atoms with Crippen LogP contribution in [0.4, 0.5) is 0 Å². The van der Waals surface area contributed by atoms with Gasteiger partial charge in [-0.05, 0) is 41.5 Å². The van der Waals surface area contributed by atoms with Crippen molar-refractivity contribution in [3.63, 3.8) is 0 Å². The van der Waals surface area contributed by atoms with E-state index in [1.807, 2.05) is 32.0 Å². The van der Waals surface area contributed by atoms with Crippen LogP contribution in [-0.4, -0.2) is 19.8 Å². The highest BCUT2D eigenvalue weighted by atomic mass is 16.2. The summed E-state index contributed by atoms with van der Waals surface area (Å²) in [6.07, 6.45) is 0. The van der Waals surface area contributed by atoms with E-state index in [2.05, 4.69) is 10.4 Å². The molecule has 0 aliphatic rings. The van der Waals surface area contributed by atoms with E-state index < -0.39 is 0 Å². The zero-order valence-corrected chi connectivity index (χ0v) is 8.93. The first-order valence-electron chi connectivity index (χ1n) is 4.67. The van der Waals surface area contributed by atoms with Crippen LogP contribution < -0.4 is 5.69 Å². The molecule has 0 amide bonds. The van der Waals surface area contributed by atoms with E-state index in [0.29, 0.717) is 0 Å². The van der Waals surface area contributed by atoms with Crippen LogP contribution in [0.5, 0.6) is 0 Å². The van der Waals surface area contributed by atoms with E-state index >= 15 is 0 Å². The molecule has 1 aromatic heterocycles. The lowest BCUT2D eigenvalue weighted by Gasteiger charge is -2.05. The molecule has 0 saturated carbocycles. The van der Waals surface area contributed by atoms with Crippen molar-refractivity contribution in [2.75, 3.05) is 0 Å². The molecule has 78 valence electrons. The minimum absolute atomic E-state index is 0.233. The first-order valence-corrected chi connectivity index (χ1v) is 4.67. The SMILES string of the molecule is Cc1cccc(-n2nnn(C)c2=O)c1C. The fraction of sp³-hybridized carbons (Fsp3) is 0.300. The number of hydrogen-bond donors (Lipinski definition) is 0. The molecule has 5 nitrogen and oxygen atoms in total. The van der Waals surface area contributed by atoms with Gasteiger partial charge in [0.1, 0.15) is 0 Å². The average Bonchev–Trinajstić information content (AvgIpc) is 2.53. The number of benzene rings is 1. The zero-order valence-electron chi connectivity index (χ0n) is 8.93. The monoisotopic (exact) mass is 204 g/mol. The Labute approximate surface area is 86.9 Å². The Kier molecular flexibility index (Phi) is 2.15. The van der Waals surface area contributed by atoms with Gasteiger partial charge in [0.25, 0.3) is 0 Å². The van der Waals surface area contributed by atoms with Crippen LogP contribution in [0.1, 0.15) is 11.1 Å². The highest BCUT2D eigenvalue weighted by molar-refractivity contribution is 5.43. The quantitative estimate of drug-likeness (QED) is 0.683. The molecule has 0 atom stereocenters. The van der Waals surface area contributed by atoms with Gasteiger partial charge in [0.05, 0.1) is 5.69 Å². The molecule has 1 aromatic carbocycles. The summed E-state index contributed by atoms with van der Waals surface area (Å²) >= 11 is 0. The molecule has 0 saturated heterocycles. The summed E-state index contributed by atoms with van der Waals surface area (Å²) in [6, 6.07) is 5.76. The van der Waals surface area contributed by atoms with Crippen molar-refractivity contribution in [1.82, 2.24) is 19.8 Å². The van der Waals surface area contributed by atoms with Crippen molar-refractivity contribution >= 4 is 0 Å². The Morgan fingerprint density at radius 3 is 2.53 bits per heavy atom. The van der Waals surface area contributed by atoms with Crippen LogP contribution in [0.15, 0.2) is 23.0 Å². The molecule has 0 spiro atoms. The molecule has 0 N–H and O–H groups in total. The fourth-order valence-corrected chi connectivity index (χ4v) is 1.43. The van der Waals surface area contributed by atoms with Gasteiger partial charge in [-0.25, -0.2) is 4.79 Å². The van der Waals surface area contributed by atoms with Crippen LogP contribution in [0.3, 0.4) is 0 Å². The summed E-state index contributed by atoms with van der Waals surface area (Å²) in [7, 11) is 1.58. The molecule has 0 unspecified atom stereocenters. The summed E-state index contributed by atoms with van der Waals surface area (Å²) < 4.78 is 2.52. The van der Waals surface area contributed by atoms with Gasteiger partial charge in [-0.3, -0.25) is 0 Å². The first-order chi connectivity index (χ1) is 7.11. The van der Waals surface area contributed by atoms with Gasteiger partial charge < -0.3 is 0 Å². The molecule has 1 heterocycles. The summed E-state index contributed by atoms with van der Waals surface area (Å²) in [4.78, 5) is 11.6. The number of nitrogens with zero attached hydrogens (tertiary/aromatic N) is 4. The third kappa shape index (κ3) is 1.45. The lowest BCUT2D eigenvalue weighted by molar-refractivity contribution is 0.692. The molecular weight excluding hydrogens is 192 g/mol. The van der Waals surface area contributed by atoms with E-state index in [-0.39, 0.29) is 5.69 Å². The molecule has 0 aliphatic heterocycles. The van der Waals surface area contributed by atoms with Gasteiger partial charge in [0, 0.05) is 7.05 Å². The second-order valence-electron chi connectivity index (χ2n) is 3.52. The lowest BCUT2D eigenvalue weighted by atomic mass is 10.1. The average molecular weight is 204 g/mol. The number of aryl methyl sites for hydroxylation is 2. The molecule has 15 heavy (non-hydrogen) atoms. The van der Waals surface area contributed by atoms with Crippen molar-refractivity contribution in [2.45, 2.75) is 13.8 Å². The van der Waals surface area contributed by atoms with E-state index in [0.717, 1.165) is 16.8 Å². The maximum absolute atomic E-state index is 11.6. The molecule has 0 radical (unpaired) electrons. The van der Waals surface area contributed by atoms with E-state index in [9.17, 15) is 4.79 Å². The zero-order chi connectivity index (χ0) is 11.0. The maximum atomic E-state index is 11.6. The number of hydrogen-bond acceptors (Lipinski definition) is 3. The summed E-state index contributed by atoms with van der Waals surface area (Å²) in [5, 5.41) is 7.49. The predicted molar refractivity (Wildman–Crippen MR) is 56.1 cm³/mol. The second kappa shape index (κ2) is 3.34. The van der Waals surface area contributed by atoms with Gasteiger partial charge in [-0.2, -0.15) is 9.36 Å². The third-order valence-electron chi connectivity index (χ3n) is 2.53. The summed E-state index contributed by atoms with van der Waals surface area (Å²) in [5.41, 5.74) is 2.72. The number of tetrazole rings is 1. The van der Waals surface area contributed by atoms with Crippen LogP contribution in [0.2, 0.25) is 0 Å². The van der Waals surface area contributed by atoms with Crippen LogP contribution in [0, 0.1) is 13.8 Å². The molecular formula is C10H12N4O. The van der Waals surface area contributed by atoms with Crippen LogP contribution >= 0.6 is 0 Å². The van der Waals surface area contributed by atoms with Crippen molar-refractivity contribution in [2.24, 2.45) is 7.05 Å². The Balaban J connectivity index is 2.70. The predicted octanol–water partition coefficient (Wildman–Crippen LogP) is 0.583. The van der Waals surface area contributed by atoms with Crippen molar-refractivity contribution < 1.29 is 0 Å².